The normalized spacial score (nSPS) is 14.1. The minimum atomic E-state index is -0.302. The number of amides is 2. The molecule has 0 saturated heterocycles. The highest BCUT2D eigenvalue weighted by molar-refractivity contribution is 6.10. The second kappa shape index (κ2) is 12.9. The van der Waals surface area contributed by atoms with Crippen LogP contribution in [0.3, 0.4) is 0 Å². The predicted molar refractivity (Wildman–Crippen MR) is 205 cm³/mol. The molecule has 9 rings (SSSR count). The third kappa shape index (κ3) is 5.29. The average Bonchev–Trinajstić information content (AvgIpc) is 3.19. The Hall–Kier alpha value is -6.02. The van der Waals surface area contributed by atoms with Crippen molar-refractivity contribution in [1.82, 2.24) is 19.8 Å². The van der Waals surface area contributed by atoms with Gasteiger partial charge >= 0.3 is 12.2 Å². The smallest absolute Gasteiger partial charge is 0.410 e. The van der Waals surface area contributed by atoms with E-state index in [2.05, 4.69) is 97.1 Å². The van der Waals surface area contributed by atoms with Gasteiger partial charge in [-0.2, -0.15) is 0 Å². The van der Waals surface area contributed by atoms with Gasteiger partial charge in [-0.1, -0.05) is 84.9 Å². The standard InChI is InChI=1S/C44H38N4O4/c1-3-51-43(49)47-23-21-33-35(25-47)41(45-37-19-17-27-9-5-7-11-31(27)39(33)37)29-13-15-30(16-14-29)42-36-26-48(44(50)52-4-2)24-22-34(36)40-32-12-8-6-10-28(32)18-20-38(40)46-42/h5-20H,3-4,21-26H2,1-2H3. The zero-order chi connectivity index (χ0) is 35.3. The first-order valence-electron chi connectivity index (χ1n) is 18.1. The fourth-order valence-corrected chi connectivity index (χ4v) is 8.23. The molecular formula is C44H38N4O4. The van der Waals surface area contributed by atoms with Crippen LogP contribution in [-0.2, 0) is 35.4 Å². The van der Waals surface area contributed by atoms with Crippen LogP contribution >= 0.6 is 0 Å². The Morgan fingerprint density at radius 2 is 0.981 bits per heavy atom. The van der Waals surface area contributed by atoms with Gasteiger partial charge in [0.2, 0.25) is 0 Å². The van der Waals surface area contributed by atoms with E-state index >= 15 is 0 Å². The molecule has 0 atom stereocenters. The Morgan fingerprint density at radius 3 is 1.40 bits per heavy atom. The largest absolute Gasteiger partial charge is 0.450 e. The van der Waals surface area contributed by atoms with Crippen molar-refractivity contribution in [3.8, 4) is 22.5 Å². The van der Waals surface area contributed by atoms with Crippen molar-refractivity contribution in [3.63, 3.8) is 0 Å². The van der Waals surface area contributed by atoms with Crippen LogP contribution in [-0.4, -0.2) is 58.3 Å². The van der Waals surface area contributed by atoms with Gasteiger partial charge in [-0.05, 0) is 71.5 Å². The zero-order valence-electron chi connectivity index (χ0n) is 29.3. The molecule has 0 spiro atoms. The summed E-state index contributed by atoms with van der Waals surface area (Å²) in [5.41, 5.74) is 10.1. The maximum Gasteiger partial charge on any atom is 0.410 e. The van der Waals surface area contributed by atoms with Crippen LogP contribution in [0, 0.1) is 0 Å². The number of hydrogen-bond donors (Lipinski definition) is 0. The molecule has 2 aromatic heterocycles. The average molecular weight is 687 g/mol. The van der Waals surface area contributed by atoms with Gasteiger partial charge < -0.3 is 19.3 Å². The van der Waals surface area contributed by atoms with Crippen LogP contribution in [0.15, 0.2) is 97.1 Å². The van der Waals surface area contributed by atoms with E-state index in [9.17, 15) is 9.59 Å². The molecule has 8 heteroatoms. The number of pyridine rings is 2. The lowest BCUT2D eigenvalue weighted by Crippen LogP contribution is -2.37. The number of carbonyl (C=O) groups is 2. The molecule has 0 unspecified atom stereocenters. The summed E-state index contributed by atoms with van der Waals surface area (Å²) >= 11 is 0. The maximum atomic E-state index is 13.0. The molecule has 2 amide bonds. The SMILES string of the molecule is CCOC(=O)N1CCc2c(c(-c3ccc(-c4nc5ccc6ccccc6c5c5c4CN(C(=O)OCC)CC5)cc3)nc3ccc4ccccc4c23)C1. The van der Waals surface area contributed by atoms with Crippen LogP contribution in [0.4, 0.5) is 9.59 Å². The van der Waals surface area contributed by atoms with Crippen molar-refractivity contribution in [2.24, 2.45) is 0 Å². The topological polar surface area (TPSA) is 84.9 Å². The van der Waals surface area contributed by atoms with E-state index < -0.39 is 0 Å². The minimum Gasteiger partial charge on any atom is -0.450 e. The molecule has 0 N–H and O–H groups in total. The number of hydrogen-bond acceptors (Lipinski definition) is 6. The van der Waals surface area contributed by atoms with Crippen molar-refractivity contribution in [2.75, 3.05) is 26.3 Å². The third-order valence-electron chi connectivity index (χ3n) is 10.6. The summed E-state index contributed by atoms with van der Waals surface area (Å²) in [4.78, 5) is 40.1. The molecular weight excluding hydrogens is 649 g/mol. The van der Waals surface area contributed by atoms with Crippen LogP contribution in [0.25, 0.3) is 65.9 Å². The Labute approximate surface area is 301 Å². The second-order valence-corrected chi connectivity index (χ2v) is 13.5. The first kappa shape index (κ1) is 31.9. The van der Waals surface area contributed by atoms with E-state index in [4.69, 9.17) is 19.4 Å². The van der Waals surface area contributed by atoms with Gasteiger partial charge in [-0.25, -0.2) is 19.6 Å². The van der Waals surface area contributed by atoms with Crippen molar-refractivity contribution in [2.45, 2.75) is 39.8 Å². The lowest BCUT2D eigenvalue weighted by Gasteiger charge is -2.31. The fourth-order valence-electron chi connectivity index (χ4n) is 8.23. The zero-order valence-corrected chi connectivity index (χ0v) is 29.3. The monoisotopic (exact) mass is 686 g/mol. The van der Waals surface area contributed by atoms with Crippen molar-refractivity contribution >= 4 is 55.5 Å². The maximum absolute atomic E-state index is 13.0. The predicted octanol–water partition coefficient (Wildman–Crippen LogP) is 9.45. The Bertz CT molecular complexity index is 2390. The van der Waals surface area contributed by atoms with E-state index in [1.165, 1.54) is 32.7 Å². The van der Waals surface area contributed by atoms with Gasteiger partial charge in [-0.3, -0.25) is 0 Å². The van der Waals surface area contributed by atoms with Crippen LogP contribution in [0.5, 0.6) is 0 Å². The fraction of sp³-hybridized carbons (Fsp3) is 0.227. The van der Waals surface area contributed by atoms with E-state index in [1.807, 2.05) is 13.8 Å². The summed E-state index contributed by atoms with van der Waals surface area (Å²) < 4.78 is 10.9. The first-order chi connectivity index (χ1) is 25.5. The second-order valence-electron chi connectivity index (χ2n) is 13.5. The molecule has 0 radical (unpaired) electrons. The molecule has 8 nitrogen and oxygen atoms in total. The number of ether oxygens (including phenoxy) is 2. The lowest BCUT2D eigenvalue weighted by atomic mass is 9.88. The molecule has 0 bridgehead atoms. The summed E-state index contributed by atoms with van der Waals surface area (Å²) in [6.07, 6.45) is 0.823. The molecule has 4 heterocycles. The lowest BCUT2D eigenvalue weighted by molar-refractivity contribution is 0.102. The van der Waals surface area contributed by atoms with Crippen LogP contribution < -0.4 is 0 Å². The number of aromatic nitrogens is 2. The van der Waals surface area contributed by atoms with Crippen LogP contribution in [0.1, 0.15) is 36.1 Å². The summed E-state index contributed by atoms with van der Waals surface area (Å²) in [7, 11) is 0. The first-order valence-corrected chi connectivity index (χ1v) is 18.1. The van der Waals surface area contributed by atoms with Crippen molar-refractivity contribution < 1.29 is 19.1 Å². The summed E-state index contributed by atoms with van der Waals surface area (Å²) in [5.74, 6) is 0. The molecule has 0 aliphatic carbocycles. The van der Waals surface area contributed by atoms with Gasteiger partial charge in [-0.15, -0.1) is 0 Å². The molecule has 0 fully saturated rings. The van der Waals surface area contributed by atoms with Gasteiger partial charge in [0.25, 0.3) is 0 Å². The van der Waals surface area contributed by atoms with E-state index in [1.54, 1.807) is 9.80 Å². The van der Waals surface area contributed by atoms with E-state index in [0.717, 1.165) is 55.4 Å². The van der Waals surface area contributed by atoms with Crippen molar-refractivity contribution in [1.29, 1.82) is 0 Å². The van der Waals surface area contributed by atoms with E-state index in [0.29, 0.717) is 52.2 Å². The molecule has 5 aromatic carbocycles. The van der Waals surface area contributed by atoms with Crippen LogP contribution in [0.2, 0.25) is 0 Å². The highest BCUT2D eigenvalue weighted by atomic mass is 16.6. The summed E-state index contributed by atoms with van der Waals surface area (Å²) in [5, 5.41) is 7.00. The highest BCUT2D eigenvalue weighted by Gasteiger charge is 2.29. The van der Waals surface area contributed by atoms with Gasteiger partial charge in [0.05, 0.1) is 48.7 Å². The molecule has 258 valence electrons. The molecule has 52 heavy (non-hydrogen) atoms. The highest BCUT2D eigenvalue weighted by Crippen LogP contribution is 2.40. The number of fused-ring (bicyclic) bond motifs is 10. The molecule has 7 aromatic rings. The summed E-state index contributed by atoms with van der Waals surface area (Å²) in [6.45, 7) is 6.36. The van der Waals surface area contributed by atoms with Gasteiger partial charge in [0.1, 0.15) is 0 Å². The number of rotatable bonds is 4. The Kier molecular flexibility index (Phi) is 7.95. The number of nitrogens with zero attached hydrogens (tertiary/aromatic N) is 4. The van der Waals surface area contributed by atoms with Gasteiger partial charge in [0.15, 0.2) is 0 Å². The summed E-state index contributed by atoms with van der Waals surface area (Å²) in [6, 6.07) is 33.8. The third-order valence-corrected chi connectivity index (χ3v) is 10.6. The molecule has 0 saturated carbocycles. The Morgan fingerprint density at radius 1 is 0.558 bits per heavy atom. The van der Waals surface area contributed by atoms with Gasteiger partial charge in [0, 0.05) is 46.1 Å². The minimum absolute atomic E-state index is 0.302. The quantitative estimate of drug-likeness (QED) is 0.172. The molecule has 2 aliphatic rings. The Balaban J connectivity index is 1.19. The number of carbonyl (C=O) groups excluding carboxylic acids is 2. The molecule has 2 aliphatic heterocycles. The number of benzene rings is 5. The van der Waals surface area contributed by atoms with Crippen molar-refractivity contribution in [3.05, 3.63) is 119 Å². The van der Waals surface area contributed by atoms with E-state index in [-0.39, 0.29) is 12.2 Å².